The third-order valence-corrected chi connectivity index (χ3v) is 16.6. The van der Waals surface area contributed by atoms with Gasteiger partial charge in [-0.15, -0.1) is 0 Å². The summed E-state index contributed by atoms with van der Waals surface area (Å²) >= 11 is 0. The minimum atomic E-state index is -4.25. The van der Waals surface area contributed by atoms with E-state index in [-0.39, 0.29) is 55.0 Å². The maximum Gasteiger partial charge on any atom is 0.408 e. The highest BCUT2D eigenvalue weighted by molar-refractivity contribution is 7.91. The number of halogens is 4. The SMILES string of the molecule is COc1ccc2nc3c(nc2c1)O[C@@H]1C[C@@H](C(=O)N[C@]2(C(=O)NS(=O)(=O)C4(C)CC4)C[C@H]2CC(F)F)N(C1)C(=O)[C@H](C(C)(C)C)NC(=O)O[C@@H]1C[C@@H]2C(C)[C@@H]2[C@H]1CCCCC3(F)F. The number of alkyl carbamates (subject to hydrolysis) is 1. The number of sulfonamides is 1. The van der Waals surface area contributed by atoms with Crippen LogP contribution in [0.1, 0.15) is 105 Å². The molecule has 20 heteroatoms. The molecule has 1 aromatic carbocycles. The summed E-state index contributed by atoms with van der Waals surface area (Å²) < 4.78 is 105. The zero-order chi connectivity index (χ0) is 45.6. The summed E-state index contributed by atoms with van der Waals surface area (Å²) in [5, 5.41) is 5.28. The highest BCUT2D eigenvalue weighted by atomic mass is 32.2. The number of carbonyl (C=O) groups excluding carboxylic acids is 4. The van der Waals surface area contributed by atoms with Crippen molar-refractivity contribution in [1.82, 2.24) is 30.2 Å². The summed E-state index contributed by atoms with van der Waals surface area (Å²) in [7, 11) is -2.82. The molecule has 4 saturated carbocycles. The van der Waals surface area contributed by atoms with Gasteiger partial charge in [0.25, 0.3) is 11.8 Å². The van der Waals surface area contributed by atoms with E-state index in [0.717, 1.165) is 4.90 Å². The van der Waals surface area contributed by atoms with Crippen LogP contribution in [-0.2, 0) is 35.1 Å². The Morgan fingerprint density at radius 2 is 1.78 bits per heavy atom. The van der Waals surface area contributed by atoms with E-state index in [1.807, 2.05) is 4.72 Å². The minimum absolute atomic E-state index is 0.0724. The number of rotatable bonds is 8. The number of alkyl halides is 4. The van der Waals surface area contributed by atoms with Crippen LogP contribution in [0.15, 0.2) is 18.2 Å². The third-order valence-electron chi connectivity index (χ3n) is 14.5. The van der Waals surface area contributed by atoms with Crippen LogP contribution in [0.3, 0.4) is 0 Å². The average Bonchev–Trinajstić information content (AvgIpc) is 4.13. The number of carbonyl (C=O) groups is 4. The summed E-state index contributed by atoms with van der Waals surface area (Å²) in [6.07, 6.45) is -5.32. The van der Waals surface area contributed by atoms with Gasteiger partial charge < -0.3 is 29.7 Å². The Hall–Kier alpha value is -4.49. The summed E-state index contributed by atoms with van der Waals surface area (Å²) in [6, 6.07) is 1.72. The number of hydrogen-bond donors (Lipinski definition) is 3. The van der Waals surface area contributed by atoms with E-state index in [1.165, 1.54) is 26.2 Å². The second-order valence-electron chi connectivity index (χ2n) is 19.9. The smallest absolute Gasteiger partial charge is 0.408 e. The van der Waals surface area contributed by atoms with E-state index in [1.54, 1.807) is 26.8 Å². The van der Waals surface area contributed by atoms with E-state index in [2.05, 4.69) is 27.5 Å². The van der Waals surface area contributed by atoms with E-state index in [4.69, 9.17) is 14.2 Å². The Morgan fingerprint density at radius 3 is 2.44 bits per heavy atom. The van der Waals surface area contributed by atoms with Crippen LogP contribution in [0, 0.1) is 35.0 Å². The molecule has 346 valence electrons. The van der Waals surface area contributed by atoms with Gasteiger partial charge in [0.15, 0.2) is 5.69 Å². The Kier molecular flexibility index (Phi) is 11.4. The fourth-order valence-corrected chi connectivity index (χ4v) is 11.5. The molecular formula is C43H56F4N6O9S. The lowest BCUT2D eigenvalue weighted by atomic mass is 9.85. The minimum Gasteiger partial charge on any atom is -0.497 e. The molecule has 0 radical (unpaired) electrons. The van der Waals surface area contributed by atoms with Crippen molar-refractivity contribution in [3.63, 3.8) is 0 Å². The number of hydrogen-bond acceptors (Lipinski definition) is 11. The summed E-state index contributed by atoms with van der Waals surface area (Å²) in [6.45, 7) is 8.25. The molecule has 0 spiro atoms. The first-order valence-electron chi connectivity index (χ1n) is 21.8. The van der Waals surface area contributed by atoms with Gasteiger partial charge in [0.2, 0.25) is 34.1 Å². The molecule has 10 atom stereocenters. The molecule has 2 aliphatic heterocycles. The lowest BCUT2D eigenvalue weighted by Crippen LogP contribution is -2.60. The van der Waals surface area contributed by atoms with E-state index in [9.17, 15) is 36.4 Å². The Labute approximate surface area is 363 Å². The zero-order valence-corrected chi connectivity index (χ0v) is 37.0. The van der Waals surface area contributed by atoms with Crippen molar-refractivity contribution in [2.45, 2.75) is 146 Å². The second-order valence-corrected chi connectivity index (χ2v) is 22.1. The van der Waals surface area contributed by atoms with Crippen molar-refractivity contribution in [1.29, 1.82) is 0 Å². The highest BCUT2D eigenvalue weighted by Crippen LogP contribution is 2.62. The fourth-order valence-electron chi connectivity index (χ4n) is 10.2. The monoisotopic (exact) mass is 908 g/mol. The molecule has 2 bridgehead atoms. The quantitative estimate of drug-likeness (QED) is 0.280. The molecule has 8 rings (SSSR count). The Bertz CT molecular complexity index is 2290. The largest absolute Gasteiger partial charge is 0.497 e. The third kappa shape index (κ3) is 8.60. The number of ether oxygens (including phenoxy) is 3. The van der Waals surface area contributed by atoms with Crippen molar-refractivity contribution < 1.29 is 59.4 Å². The van der Waals surface area contributed by atoms with Crippen LogP contribution in [0.2, 0.25) is 0 Å². The first-order valence-corrected chi connectivity index (χ1v) is 23.3. The maximum absolute atomic E-state index is 16.5. The summed E-state index contributed by atoms with van der Waals surface area (Å²) in [5.41, 5.74) is -3.48. The van der Waals surface area contributed by atoms with Gasteiger partial charge >= 0.3 is 6.09 Å². The highest BCUT2D eigenvalue weighted by Gasteiger charge is 2.65. The summed E-state index contributed by atoms with van der Waals surface area (Å²) in [5.74, 6) is -6.89. The van der Waals surface area contributed by atoms with Gasteiger partial charge in [0, 0.05) is 25.3 Å². The number of nitrogens with one attached hydrogen (secondary N) is 3. The van der Waals surface area contributed by atoms with Gasteiger partial charge in [-0.05, 0) is 92.6 Å². The second kappa shape index (κ2) is 15.9. The number of fused-ring (bicyclic) bond motifs is 7. The lowest BCUT2D eigenvalue weighted by molar-refractivity contribution is -0.143. The standard InChI is InChI=1S/C43H56F4N6O9S/c1-21-26-18-30-25(32(21)26)9-7-8-12-43(46,47)33-36(49-28-16-23(60-6)10-11-27(28)48-33)61-24-17-29(53(20-24)37(55)34(40(2,3)4)50-39(57)62-30)35(54)51-42(19-22(42)15-31(44)45)38(56)52-63(58,59)41(5)13-14-41/h10-11,16,21-22,24-26,29-32,34H,7-9,12-15,17-20H2,1-6H3,(H,50,57)(H,51,54)(H,52,56)/t21?,22-,24-,25+,26-,29+,30-,32-,34-,42-/m1/s1. The molecule has 4 aliphatic carbocycles. The van der Waals surface area contributed by atoms with Crippen molar-refractivity contribution in [3.05, 3.63) is 23.9 Å². The molecule has 3 heterocycles. The molecule has 6 aliphatic rings. The van der Waals surface area contributed by atoms with Crippen LogP contribution < -0.4 is 24.8 Å². The van der Waals surface area contributed by atoms with Crippen molar-refractivity contribution in [3.8, 4) is 11.6 Å². The van der Waals surface area contributed by atoms with Crippen LogP contribution in [0.5, 0.6) is 11.6 Å². The molecule has 5 fully saturated rings. The number of aromatic nitrogens is 2. The molecule has 4 amide bonds. The predicted octanol–water partition coefficient (Wildman–Crippen LogP) is 5.59. The van der Waals surface area contributed by atoms with E-state index in [0.29, 0.717) is 36.8 Å². The van der Waals surface area contributed by atoms with E-state index >= 15 is 8.78 Å². The number of amides is 4. The topological polar surface area (TPSA) is 195 Å². The number of methoxy groups -OCH3 is 1. The normalized spacial score (nSPS) is 33.6. The number of benzene rings is 1. The first kappa shape index (κ1) is 45.1. The molecule has 2 aromatic rings. The Morgan fingerprint density at radius 1 is 1.05 bits per heavy atom. The molecule has 63 heavy (non-hydrogen) atoms. The summed E-state index contributed by atoms with van der Waals surface area (Å²) in [4.78, 5) is 66.8. The van der Waals surface area contributed by atoms with Crippen LogP contribution >= 0.6 is 0 Å². The average molecular weight is 909 g/mol. The molecule has 1 saturated heterocycles. The molecule has 3 N–H and O–H groups in total. The van der Waals surface area contributed by atoms with Gasteiger partial charge in [-0.25, -0.2) is 32.0 Å². The fraction of sp³-hybridized carbons (Fsp3) is 0.721. The van der Waals surface area contributed by atoms with Gasteiger partial charge in [-0.2, -0.15) is 8.78 Å². The molecule has 1 unspecified atom stereocenters. The molecule has 1 aromatic heterocycles. The number of nitrogens with zero attached hydrogens (tertiary/aromatic N) is 3. The van der Waals surface area contributed by atoms with Crippen LogP contribution in [-0.4, -0.2) is 102 Å². The predicted molar refractivity (Wildman–Crippen MR) is 218 cm³/mol. The van der Waals surface area contributed by atoms with Crippen LogP contribution in [0.25, 0.3) is 11.0 Å². The van der Waals surface area contributed by atoms with Gasteiger partial charge in [-0.3, -0.25) is 19.1 Å². The van der Waals surface area contributed by atoms with Crippen LogP contribution in [0.4, 0.5) is 22.4 Å². The lowest BCUT2D eigenvalue weighted by Gasteiger charge is -2.36. The Balaban J connectivity index is 1.16. The molecular weight excluding hydrogens is 853 g/mol. The first-order chi connectivity index (χ1) is 29.5. The van der Waals surface area contributed by atoms with Crippen molar-refractivity contribution in [2.75, 3.05) is 13.7 Å². The van der Waals surface area contributed by atoms with Crippen molar-refractivity contribution >= 4 is 44.9 Å². The van der Waals surface area contributed by atoms with Gasteiger partial charge in [0.05, 0.1) is 29.4 Å². The zero-order valence-electron chi connectivity index (χ0n) is 36.2. The molecule has 15 nitrogen and oxygen atoms in total. The van der Waals surface area contributed by atoms with Crippen molar-refractivity contribution in [2.24, 2.45) is 35.0 Å². The van der Waals surface area contributed by atoms with Gasteiger partial charge in [-0.1, -0.05) is 34.1 Å². The van der Waals surface area contributed by atoms with E-state index < -0.39 is 123 Å². The van der Waals surface area contributed by atoms with Gasteiger partial charge in [0.1, 0.15) is 35.6 Å². The maximum atomic E-state index is 16.5.